The predicted molar refractivity (Wildman–Crippen MR) is 79.2 cm³/mol. The van der Waals surface area contributed by atoms with Gasteiger partial charge in [0.15, 0.2) is 5.82 Å². The number of nitrogens with zero attached hydrogens (tertiary/aromatic N) is 2. The summed E-state index contributed by atoms with van der Waals surface area (Å²) >= 11 is 0. The quantitative estimate of drug-likeness (QED) is 0.743. The summed E-state index contributed by atoms with van der Waals surface area (Å²) in [6.07, 6.45) is 4.88. The molecule has 0 aliphatic carbocycles. The molecule has 0 spiro atoms. The van der Waals surface area contributed by atoms with Crippen LogP contribution in [0.3, 0.4) is 0 Å². The Labute approximate surface area is 120 Å². The largest absolute Gasteiger partial charge is 0.340 e. The molecule has 0 saturated heterocycles. The van der Waals surface area contributed by atoms with Crippen molar-refractivity contribution in [3.8, 4) is 0 Å². The van der Waals surface area contributed by atoms with E-state index in [0.717, 1.165) is 12.2 Å². The number of hydrogen-bond acceptors (Lipinski definition) is 4. The molecule has 20 heavy (non-hydrogen) atoms. The van der Waals surface area contributed by atoms with Crippen LogP contribution in [0.1, 0.15) is 55.9 Å². The van der Waals surface area contributed by atoms with Crippen LogP contribution in [0.25, 0.3) is 0 Å². The van der Waals surface area contributed by atoms with Crippen LogP contribution in [0.4, 0.5) is 0 Å². The summed E-state index contributed by atoms with van der Waals surface area (Å²) < 4.78 is 5.00. The fraction of sp³-hybridized carbons (Fsp3) is 0.500. The lowest BCUT2D eigenvalue weighted by Gasteiger charge is -2.18. The monoisotopic (exact) mass is 273 g/mol. The number of hydrogen-bond donors (Lipinski definition) is 1. The minimum Gasteiger partial charge on any atom is -0.340 e. The van der Waals surface area contributed by atoms with Crippen LogP contribution in [0.2, 0.25) is 0 Å². The molecule has 2 rings (SSSR count). The highest BCUT2D eigenvalue weighted by Gasteiger charge is 2.12. The maximum absolute atomic E-state index is 5.00. The smallest absolute Gasteiger partial charge is 0.223 e. The molecule has 1 atom stereocenters. The first-order valence-electron chi connectivity index (χ1n) is 7.37. The van der Waals surface area contributed by atoms with E-state index in [2.05, 4.69) is 52.7 Å². The second-order valence-electron chi connectivity index (χ2n) is 5.07. The number of benzene rings is 1. The molecule has 4 heteroatoms. The van der Waals surface area contributed by atoms with E-state index < -0.39 is 0 Å². The van der Waals surface area contributed by atoms with Crippen LogP contribution in [0.15, 0.2) is 34.9 Å². The number of nitrogens with one attached hydrogen (secondary N) is 1. The molecule has 0 fully saturated rings. The van der Waals surface area contributed by atoms with Gasteiger partial charge in [0.2, 0.25) is 5.89 Å². The minimum absolute atomic E-state index is 0.349. The molecule has 1 aromatic heterocycles. The molecule has 108 valence electrons. The Morgan fingerprint density at radius 1 is 1.20 bits per heavy atom. The Morgan fingerprint density at radius 2 is 2.00 bits per heavy atom. The molecule has 0 saturated carbocycles. The molecule has 1 aromatic carbocycles. The third-order valence-electron chi connectivity index (χ3n) is 3.37. The Bertz CT molecular complexity index is 495. The lowest BCUT2D eigenvalue weighted by molar-refractivity contribution is 0.381. The van der Waals surface area contributed by atoms with E-state index in [0.29, 0.717) is 18.5 Å². The molecule has 0 aliphatic heterocycles. The summed E-state index contributed by atoms with van der Waals surface area (Å²) in [5.74, 6) is 1.34. The molecule has 0 amide bonds. The van der Waals surface area contributed by atoms with E-state index in [1.54, 1.807) is 0 Å². The molecule has 1 N–H and O–H groups in total. The normalized spacial score (nSPS) is 12.5. The number of aromatic nitrogens is 2. The van der Waals surface area contributed by atoms with E-state index in [9.17, 15) is 0 Å². The molecule has 2 aromatic rings. The molecule has 1 unspecified atom stereocenters. The fourth-order valence-electron chi connectivity index (χ4n) is 2.30. The van der Waals surface area contributed by atoms with Gasteiger partial charge in [0.25, 0.3) is 0 Å². The van der Waals surface area contributed by atoms with Crippen molar-refractivity contribution in [3.63, 3.8) is 0 Å². The third kappa shape index (κ3) is 4.46. The first kappa shape index (κ1) is 14.7. The highest BCUT2D eigenvalue weighted by Crippen LogP contribution is 2.20. The van der Waals surface area contributed by atoms with E-state index in [4.69, 9.17) is 4.52 Å². The molecular formula is C16H23N3O. The van der Waals surface area contributed by atoms with E-state index in [1.807, 2.05) is 6.92 Å². The molecule has 1 heterocycles. The van der Waals surface area contributed by atoms with Crippen LogP contribution >= 0.6 is 0 Å². The average Bonchev–Trinajstić information content (AvgIpc) is 2.89. The van der Waals surface area contributed by atoms with Gasteiger partial charge in [-0.05, 0) is 12.0 Å². The SMILES string of the molecule is CCCCCC(NCc1noc(C)n1)c1ccccc1. The second-order valence-corrected chi connectivity index (χ2v) is 5.07. The van der Waals surface area contributed by atoms with E-state index in [-0.39, 0.29) is 0 Å². The van der Waals surface area contributed by atoms with Crippen molar-refractivity contribution in [1.29, 1.82) is 0 Å². The van der Waals surface area contributed by atoms with Crippen LogP contribution in [0.5, 0.6) is 0 Å². The Morgan fingerprint density at radius 3 is 2.65 bits per heavy atom. The summed E-state index contributed by atoms with van der Waals surface area (Å²) in [4.78, 5) is 4.23. The van der Waals surface area contributed by atoms with E-state index >= 15 is 0 Å². The van der Waals surface area contributed by atoms with Crippen molar-refractivity contribution >= 4 is 0 Å². The highest BCUT2D eigenvalue weighted by molar-refractivity contribution is 5.18. The maximum atomic E-state index is 5.00. The summed E-state index contributed by atoms with van der Waals surface area (Å²) in [5.41, 5.74) is 1.32. The topological polar surface area (TPSA) is 51.0 Å². The Hall–Kier alpha value is -1.68. The summed E-state index contributed by atoms with van der Waals surface area (Å²) in [5, 5.41) is 7.47. The Balaban J connectivity index is 1.95. The lowest BCUT2D eigenvalue weighted by Crippen LogP contribution is -2.21. The van der Waals surface area contributed by atoms with Gasteiger partial charge in [0, 0.05) is 13.0 Å². The minimum atomic E-state index is 0.349. The molecule has 0 aliphatic rings. The first-order valence-corrected chi connectivity index (χ1v) is 7.37. The van der Waals surface area contributed by atoms with E-state index in [1.165, 1.54) is 24.8 Å². The molecule has 0 radical (unpaired) electrons. The van der Waals surface area contributed by atoms with Gasteiger partial charge in [-0.15, -0.1) is 0 Å². The highest BCUT2D eigenvalue weighted by atomic mass is 16.5. The van der Waals surface area contributed by atoms with Crippen LogP contribution in [-0.2, 0) is 6.54 Å². The van der Waals surface area contributed by atoms with Gasteiger partial charge >= 0.3 is 0 Å². The van der Waals surface area contributed by atoms with Gasteiger partial charge in [-0.3, -0.25) is 0 Å². The van der Waals surface area contributed by atoms with Crippen molar-refractivity contribution in [3.05, 3.63) is 47.6 Å². The first-order chi connectivity index (χ1) is 9.79. The van der Waals surface area contributed by atoms with Gasteiger partial charge in [-0.2, -0.15) is 4.98 Å². The number of unbranched alkanes of at least 4 members (excludes halogenated alkanes) is 2. The predicted octanol–water partition coefficient (Wildman–Crippen LogP) is 3.79. The standard InChI is InChI=1S/C16H23N3O/c1-3-4-6-11-15(14-9-7-5-8-10-14)17-12-16-18-13(2)20-19-16/h5,7-10,15,17H,3-4,6,11-12H2,1-2H3. The second kappa shape index (κ2) is 7.80. The van der Waals surface area contributed by atoms with Gasteiger partial charge in [0.1, 0.15) is 0 Å². The van der Waals surface area contributed by atoms with Gasteiger partial charge in [0.05, 0.1) is 6.54 Å². The lowest BCUT2D eigenvalue weighted by atomic mass is 10.0. The molecule has 4 nitrogen and oxygen atoms in total. The summed E-state index contributed by atoms with van der Waals surface area (Å²) in [6, 6.07) is 10.9. The van der Waals surface area contributed by atoms with Crippen molar-refractivity contribution in [2.75, 3.05) is 0 Å². The molecule has 0 bridgehead atoms. The number of aryl methyl sites for hydroxylation is 1. The van der Waals surface area contributed by atoms with Crippen LogP contribution < -0.4 is 5.32 Å². The van der Waals surface area contributed by atoms with Crippen LogP contribution in [-0.4, -0.2) is 10.1 Å². The summed E-state index contributed by atoms with van der Waals surface area (Å²) in [6.45, 7) is 4.68. The average molecular weight is 273 g/mol. The third-order valence-corrected chi connectivity index (χ3v) is 3.37. The van der Waals surface area contributed by atoms with Gasteiger partial charge in [-0.25, -0.2) is 0 Å². The van der Waals surface area contributed by atoms with Crippen molar-refractivity contribution in [2.45, 2.75) is 52.1 Å². The van der Waals surface area contributed by atoms with Crippen molar-refractivity contribution in [2.24, 2.45) is 0 Å². The van der Waals surface area contributed by atoms with Crippen molar-refractivity contribution in [1.82, 2.24) is 15.5 Å². The zero-order valence-electron chi connectivity index (χ0n) is 12.3. The Kier molecular flexibility index (Phi) is 5.74. The van der Waals surface area contributed by atoms with Gasteiger partial charge < -0.3 is 9.84 Å². The maximum Gasteiger partial charge on any atom is 0.223 e. The van der Waals surface area contributed by atoms with Gasteiger partial charge in [-0.1, -0.05) is 61.7 Å². The zero-order chi connectivity index (χ0) is 14.2. The number of rotatable bonds is 8. The zero-order valence-corrected chi connectivity index (χ0v) is 12.3. The van der Waals surface area contributed by atoms with Crippen LogP contribution in [0, 0.1) is 6.92 Å². The molecular weight excluding hydrogens is 250 g/mol. The summed E-state index contributed by atoms with van der Waals surface area (Å²) in [7, 11) is 0. The van der Waals surface area contributed by atoms with Crippen molar-refractivity contribution < 1.29 is 4.52 Å². The fourth-order valence-corrected chi connectivity index (χ4v) is 2.30.